The van der Waals surface area contributed by atoms with Crippen molar-refractivity contribution in [2.45, 2.75) is 31.8 Å². The van der Waals surface area contributed by atoms with Crippen molar-refractivity contribution in [3.8, 4) is 0 Å². The molecule has 2 aromatic heterocycles. The fourth-order valence-electron chi connectivity index (χ4n) is 3.21. The Morgan fingerprint density at radius 1 is 1.50 bits per heavy atom. The van der Waals surface area contributed by atoms with Crippen LogP contribution in [-0.4, -0.2) is 23.0 Å². The third-order valence-corrected chi connectivity index (χ3v) is 5.31. The molecule has 3 nitrogen and oxygen atoms in total. The molecule has 2 aromatic rings. The molecule has 1 fully saturated rings. The minimum atomic E-state index is 0.336. The van der Waals surface area contributed by atoms with E-state index in [1.54, 1.807) is 0 Å². The van der Waals surface area contributed by atoms with E-state index in [1.807, 2.05) is 29.8 Å². The molecule has 0 saturated carbocycles. The lowest BCUT2D eigenvalue weighted by molar-refractivity contribution is 0.187. The molecule has 1 saturated heterocycles. The number of hydrogen-bond acceptors (Lipinski definition) is 4. The van der Waals surface area contributed by atoms with Crippen LogP contribution >= 0.6 is 11.3 Å². The lowest BCUT2D eigenvalue weighted by Crippen LogP contribution is -2.33. The first-order chi connectivity index (χ1) is 9.81. The lowest BCUT2D eigenvalue weighted by atomic mass is 10.0. The van der Waals surface area contributed by atoms with Gasteiger partial charge in [0.05, 0.1) is 6.04 Å². The number of thiophene rings is 1. The summed E-state index contributed by atoms with van der Waals surface area (Å²) in [5, 5.41) is 2.17. The van der Waals surface area contributed by atoms with Gasteiger partial charge in [-0.15, -0.1) is 11.3 Å². The van der Waals surface area contributed by atoms with Gasteiger partial charge < -0.3 is 5.73 Å². The summed E-state index contributed by atoms with van der Waals surface area (Å²) >= 11 is 1.83. The molecule has 0 aliphatic carbocycles. The fourth-order valence-corrected chi connectivity index (χ4v) is 4.27. The summed E-state index contributed by atoms with van der Waals surface area (Å²) in [4.78, 5) is 8.26. The first kappa shape index (κ1) is 13.7. The van der Waals surface area contributed by atoms with E-state index in [-0.39, 0.29) is 0 Å². The van der Waals surface area contributed by atoms with Gasteiger partial charge in [-0.05, 0) is 54.9 Å². The van der Waals surface area contributed by atoms with Crippen molar-refractivity contribution in [2.24, 2.45) is 5.73 Å². The Bertz CT molecular complexity index is 552. The van der Waals surface area contributed by atoms with Crippen molar-refractivity contribution in [3.05, 3.63) is 52.0 Å². The lowest BCUT2D eigenvalue weighted by Gasteiger charge is -2.32. The van der Waals surface area contributed by atoms with Crippen LogP contribution in [0, 0.1) is 6.92 Å². The highest BCUT2D eigenvalue weighted by Crippen LogP contribution is 2.40. The van der Waals surface area contributed by atoms with Gasteiger partial charge in [0.1, 0.15) is 0 Å². The molecule has 0 radical (unpaired) electrons. The molecule has 0 spiro atoms. The average Bonchev–Trinajstić information content (AvgIpc) is 3.11. The van der Waals surface area contributed by atoms with Gasteiger partial charge in [0, 0.05) is 29.9 Å². The quantitative estimate of drug-likeness (QED) is 0.938. The molecule has 2 N–H and O–H groups in total. The molecule has 1 aliphatic rings. The molecule has 2 unspecified atom stereocenters. The van der Waals surface area contributed by atoms with Crippen LogP contribution < -0.4 is 5.73 Å². The summed E-state index contributed by atoms with van der Waals surface area (Å²) in [6.07, 6.45) is 6.28. The zero-order chi connectivity index (χ0) is 13.9. The Balaban J connectivity index is 1.89. The Kier molecular flexibility index (Phi) is 4.15. The van der Waals surface area contributed by atoms with Crippen molar-refractivity contribution < 1.29 is 0 Å². The average molecular weight is 287 g/mol. The second kappa shape index (κ2) is 6.04. The maximum atomic E-state index is 6.10. The number of hydrogen-bond donors (Lipinski definition) is 1. The summed E-state index contributed by atoms with van der Waals surface area (Å²) in [6, 6.07) is 7.20. The number of rotatable bonds is 4. The van der Waals surface area contributed by atoms with Crippen LogP contribution in [-0.2, 0) is 0 Å². The minimum absolute atomic E-state index is 0.336. The van der Waals surface area contributed by atoms with Crippen LogP contribution in [0.5, 0.6) is 0 Å². The van der Waals surface area contributed by atoms with E-state index < -0.39 is 0 Å². The van der Waals surface area contributed by atoms with Crippen LogP contribution in [0.1, 0.15) is 40.9 Å². The first-order valence-electron chi connectivity index (χ1n) is 7.21. The van der Waals surface area contributed by atoms with E-state index in [2.05, 4.69) is 34.3 Å². The van der Waals surface area contributed by atoms with Crippen LogP contribution in [0.2, 0.25) is 0 Å². The van der Waals surface area contributed by atoms with Gasteiger partial charge >= 0.3 is 0 Å². The number of aromatic nitrogens is 1. The summed E-state index contributed by atoms with van der Waals surface area (Å²) in [5.74, 6) is 0. The molecule has 2 atom stereocenters. The Hall–Kier alpha value is -1.23. The number of pyridine rings is 1. The number of aryl methyl sites for hydroxylation is 1. The molecular formula is C16H21N3S. The zero-order valence-electron chi connectivity index (χ0n) is 11.8. The van der Waals surface area contributed by atoms with Crippen molar-refractivity contribution in [1.29, 1.82) is 0 Å². The van der Waals surface area contributed by atoms with E-state index in [9.17, 15) is 0 Å². The van der Waals surface area contributed by atoms with E-state index in [4.69, 9.17) is 5.73 Å². The van der Waals surface area contributed by atoms with Crippen LogP contribution in [0.4, 0.5) is 0 Å². The molecule has 1 aliphatic heterocycles. The summed E-state index contributed by atoms with van der Waals surface area (Å²) < 4.78 is 0. The third-order valence-electron chi connectivity index (χ3n) is 4.19. The van der Waals surface area contributed by atoms with E-state index >= 15 is 0 Å². The van der Waals surface area contributed by atoms with Crippen molar-refractivity contribution in [1.82, 2.24) is 9.88 Å². The predicted molar refractivity (Wildman–Crippen MR) is 83.8 cm³/mol. The monoisotopic (exact) mass is 287 g/mol. The topological polar surface area (TPSA) is 42.1 Å². The highest BCUT2D eigenvalue weighted by molar-refractivity contribution is 7.10. The summed E-state index contributed by atoms with van der Waals surface area (Å²) in [6.45, 7) is 3.99. The number of nitrogens with two attached hydrogens (primary N) is 1. The SMILES string of the molecule is Cc1ccsc1C(CN)N1CCCC1c1cccnc1. The summed E-state index contributed by atoms with van der Waals surface area (Å²) in [7, 11) is 0. The largest absolute Gasteiger partial charge is 0.329 e. The maximum Gasteiger partial charge on any atom is 0.0572 e. The molecule has 20 heavy (non-hydrogen) atoms. The molecule has 0 bridgehead atoms. The summed E-state index contributed by atoms with van der Waals surface area (Å²) in [5.41, 5.74) is 8.78. The third kappa shape index (κ3) is 2.51. The van der Waals surface area contributed by atoms with Gasteiger partial charge in [-0.25, -0.2) is 0 Å². The van der Waals surface area contributed by atoms with Gasteiger partial charge in [0.15, 0.2) is 0 Å². The highest BCUT2D eigenvalue weighted by atomic mass is 32.1. The van der Waals surface area contributed by atoms with Crippen LogP contribution in [0.3, 0.4) is 0 Å². The highest BCUT2D eigenvalue weighted by Gasteiger charge is 2.33. The molecular weight excluding hydrogens is 266 g/mol. The Morgan fingerprint density at radius 2 is 2.40 bits per heavy atom. The second-order valence-electron chi connectivity index (χ2n) is 5.40. The maximum absolute atomic E-state index is 6.10. The minimum Gasteiger partial charge on any atom is -0.329 e. The van der Waals surface area contributed by atoms with E-state index in [1.165, 1.54) is 28.8 Å². The standard InChI is InChI=1S/C16H21N3S/c1-12-6-9-20-16(12)15(10-17)19-8-3-5-14(19)13-4-2-7-18-11-13/h2,4,6-7,9,11,14-15H,3,5,8,10,17H2,1H3. The fraction of sp³-hybridized carbons (Fsp3) is 0.438. The van der Waals surface area contributed by atoms with Gasteiger partial charge in [-0.1, -0.05) is 6.07 Å². The van der Waals surface area contributed by atoms with E-state index in [0.717, 1.165) is 6.54 Å². The van der Waals surface area contributed by atoms with Crippen LogP contribution in [0.25, 0.3) is 0 Å². The first-order valence-corrected chi connectivity index (χ1v) is 8.09. The number of nitrogens with zero attached hydrogens (tertiary/aromatic N) is 2. The van der Waals surface area contributed by atoms with Gasteiger partial charge in [0.2, 0.25) is 0 Å². The second-order valence-corrected chi connectivity index (χ2v) is 6.35. The van der Waals surface area contributed by atoms with Gasteiger partial charge in [-0.2, -0.15) is 0 Å². The molecule has 3 rings (SSSR count). The van der Waals surface area contributed by atoms with Crippen molar-refractivity contribution >= 4 is 11.3 Å². The van der Waals surface area contributed by atoms with E-state index in [0.29, 0.717) is 18.6 Å². The van der Waals surface area contributed by atoms with Crippen molar-refractivity contribution in [2.75, 3.05) is 13.1 Å². The molecule has 4 heteroatoms. The molecule has 106 valence electrons. The predicted octanol–water partition coefficient (Wildman–Crippen LogP) is 3.29. The Labute approximate surface area is 124 Å². The molecule has 0 aromatic carbocycles. The zero-order valence-corrected chi connectivity index (χ0v) is 12.6. The van der Waals surface area contributed by atoms with Crippen molar-refractivity contribution in [3.63, 3.8) is 0 Å². The normalized spacial score (nSPS) is 21.2. The van der Waals surface area contributed by atoms with Gasteiger partial charge in [0.25, 0.3) is 0 Å². The number of likely N-dealkylation sites (tertiary alicyclic amines) is 1. The smallest absolute Gasteiger partial charge is 0.0572 e. The molecule has 3 heterocycles. The van der Waals surface area contributed by atoms with Crippen LogP contribution in [0.15, 0.2) is 36.0 Å². The Morgan fingerprint density at radius 3 is 3.05 bits per heavy atom. The van der Waals surface area contributed by atoms with Gasteiger partial charge in [-0.3, -0.25) is 9.88 Å². The molecule has 0 amide bonds.